The second-order valence-electron chi connectivity index (χ2n) is 4.59. The Hall–Kier alpha value is -1.11. The number of anilines is 1. The summed E-state index contributed by atoms with van der Waals surface area (Å²) in [5, 5.41) is 9.18. The van der Waals surface area contributed by atoms with Crippen molar-refractivity contribution in [2.24, 2.45) is 0 Å². The van der Waals surface area contributed by atoms with Crippen molar-refractivity contribution in [2.45, 2.75) is 24.6 Å². The summed E-state index contributed by atoms with van der Waals surface area (Å²) >= 11 is 0. The average molecular weight is 270 g/mol. The third-order valence-electron chi connectivity index (χ3n) is 3.19. The van der Waals surface area contributed by atoms with Gasteiger partial charge in [-0.3, -0.25) is 0 Å². The highest BCUT2D eigenvalue weighted by Crippen LogP contribution is 2.23. The van der Waals surface area contributed by atoms with Crippen molar-refractivity contribution in [3.8, 4) is 0 Å². The Kier molecular flexibility index (Phi) is 3.89. The molecule has 0 amide bonds. The summed E-state index contributed by atoms with van der Waals surface area (Å²) < 4.78 is 25.9. The van der Waals surface area contributed by atoms with Crippen LogP contribution in [0.3, 0.4) is 0 Å². The van der Waals surface area contributed by atoms with E-state index < -0.39 is 10.0 Å². The van der Waals surface area contributed by atoms with Crippen molar-refractivity contribution in [1.29, 1.82) is 0 Å². The minimum absolute atomic E-state index is 0.0610. The molecule has 1 aliphatic rings. The monoisotopic (exact) mass is 270 g/mol. The second-order valence-corrected chi connectivity index (χ2v) is 6.51. The van der Waals surface area contributed by atoms with Crippen LogP contribution in [0.15, 0.2) is 24.3 Å². The van der Waals surface area contributed by atoms with Crippen molar-refractivity contribution in [1.82, 2.24) is 4.31 Å². The van der Waals surface area contributed by atoms with Crippen LogP contribution in [0.1, 0.15) is 18.4 Å². The molecule has 0 unspecified atom stereocenters. The molecular weight excluding hydrogens is 252 g/mol. The quantitative estimate of drug-likeness (QED) is 0.783. The molecule has 2 rings (SSSR count). The molecule has 0 radical (unpaired) electrons. The van der Waals surface area contributed by atoms with Gasteiger partial charge < -0.3 is 10.8 Å². The lowest BCUT2D eigenvalue weighted by Gasteiger charge is -2.22. The van der Waals surface area contributed by atoms with E-state index in [0.29, 0.717) is 17.8 Å². The number of benzene rings is 1. The number of hydrogen-bond donors (Lipinski definition) is 2. The van der Waals surface area contributed by atoms with E-state index in [-0.39, 0.29) is 18.4 Å². The number of sulfonamides is 1. The fourth-order valence-electron chi connectivity index (χ4n) is 2.33. The van der Waals surface area contributed by atoms with Crippen molar-refractivity contribution in [3.05, 3.63) is 29.8 Å². The van der Waals surface area contributed by atoms with Crippen LogP contribution in [-0.2, 0) is 15.8 Å². The zero-order valence-corrected chi connectivity index (χ0v) is 10.9. The second kappa shape index (κ2) is 5.26. The van der Waals surface area contributed by atoms with E-state index >= 15 is 0 Å². The summed E-state index contributed by atoms with van der Waals surface area (Å²) in [6, 6.07) is 6.62. The highest BCUT2D eigenvalue weighted by molar-refractivity contribution is 7.88. The van der Waals surface area contributed by atoms with Gasteiger partial charge in [0.05, 0.1) is 12.4 Å². The number of aliphatic hydroxyl groups is 1. The maximum Gasteiger partial charge on any atom is 0.218 e. The number of hydrogen-bond acceptors (Lipinski definition) is 4. The van der Waals surface area contributed by atoms with Gasteiger partial charge in [-0.1, -0.05) is 12.1 Å². The fourth-order valence-corrected chi connectivity index (χ4v) is 4.13. The summed E-state index contributed by atoms with van der Waals surface area (Å²) in [6.45, 7) is 0.381. The van der Waals surface area contributed by atoms with Crippen molar-refractivity contribution in [2.75, 3.05) is 18.9 Å². The fraction of sp³-hybridized carbons (Fsp3) is 0.500. The van der Waals surface area contributed by atoms with E-state index in [1.54, 1.807) is 24.3 Å². The van der Waals surface area contributed by atoms with Crippen LogP contribution in [0, 0.1) is 0 Å². The Bertz CT molecular complexity index is 516. The number of rotatable bonds is 4. The van der Waals surface area contributed by atoms with Gasteiger partial charge in [0.2, 0.25) is 10.0 Å². The SMILES string of the molecule is Nc1cccc(CS(=O)(=O)N2CCC[C@H]2CO)c1. The molecule has 1 fully saturated rings. The molecule has 1 atom stereocenters. The molecule has 3 N–H and O–H groups in total. The Labute approximate surface area is 107 Å². The van der Waals surface area contributed by atoms with Crippen molar-refractivity contribution in [3.63, 3.8) is 0 Å². The molecule has 1 aromatic carbocycles. The van der Waals surface area contributed by atoms with Crippen LogP contribution >= 0.6 is 0 Å². The molecule has 0 saturated carbocycles. The summed E-state index contributed by atoms with van der Waals surface area (Å²) in [6.07, 6.45) is 1.54. The summed E-state index contributed by atoms with van der Waals surface area (Å²) in [4.78, 5) is 0. The van der Waals surface area contributed by atoms with Gasteiger partial charge in [0, 0.05) is 18.3 Å². The van der Waals surface area contributed by atoms with Gasteiger partial charge in [-0.2, -0.15) is 4.31 Å². The van der Waals surface area contributed by atoms with Gasteiger partial charge in [-0.25, -0.2) is 8.42 Å². The lowest BCUT2D eigenvalue weighted by molar-refractivity contribution is 0.213. The minimum atomic E-state index is -3.37. The van der Waals surface area contributed by atoms with Gasteiger partial charge in [-0.15, -0.1) is 0 Å². The summed E-state index contributed by atoms with van der Waals surface area (Å²) in [5.74, 6) is -0.0610. The topological polar surface area (TPSA) is 83.6 Å². The van der Waals surface area contributed by atoms with Gasteiger partial charge in [0.15, 0.2) is 0 Å². The highest BCUT2D eigenvalue weighted by Gasteiger charge is 2.33. The molecular formula is C12H18N2O3S. The highest BCUT2D eigenvalue weighted by atomic mass is 32.2. The smallest absolute Gasteiger partial charge is 0.218 e. The van der Waals surface area contributed by atoms with E-state index in [0.717, 1.165) is 12.8 Å². The molecule has 5 nitrogen and oxygen atoms in total. The zero-order chi connectivity index (χ0) is 13.2. The lowest BCUT2D eigenvalue weighted by atomic mass is 10.2. The van der Waals surface area contributed by atoms with Crippen LogP contribution < -0.4 is 5.73 Å². The first-order chi connectivity index (χ1) is 8.53. The van der Waals surface area contributed by atoms with Crippen molar-refractivity contribution >= 4 is 15.7 Å². The maximum absolute atomic E-state index is 12.3. The first-order valence-corrected chi connectivity index (χ1v) is 7.58. The Morgan fingerprint density at radius 1 is 1.44 bits per heavy atom. The first-order valence-electron chi connectivity index (χ1n) is 5.98. The number of nitrogens with zero attached hydrogens (tertiary/aromatic N) is 1. The van der Waals surface area contributed by atoms with E-state index in [1.807, 2.05) is 0 Å². The summed E-state index contributed by atoms with van der Waals surface area (Å²) in [5.41, 5.74) is 6.87. The van der Waals surface area contributed by atoms with E-state index in [4.69, 9.17) is 5.73 Å². The molecule has 0 aliphatic carbocycles. The van der Waals surface area contributed by atoms with Crippen LogP contribution in [0.2, 0.25) is 0 Å². The molecule has 1 saturated heterocycles. The predicted octanol–water partition coefficient (Wildman–Crippen LogP) is 0.555. The average Bonchev–Trinajstić information content (AvgIpc) is 2.77. The Balaban J connectivity index is 2.17. The normalized spacial score (nSPS) is 21.3. The molecule has 0 aromatic heterocycles. The zero-order valence-electron chi connectivity index (χ0n) is 10.1. The minimum Gasteiger partial charge on any atom is -0.399 e. The largest absolute Gasteiger partial charge is 0.399 e. The van der Waals surface area contributed by atoms with E-state index in [2.05, 4.69) is 0 Å². The van der Waals surface area contributed by atoms with Gasteiger partial charge in [0.25, 0.3) is 0 Å². The van der Waals surface area contributed by atoms with Gasteiger partial charge in [0.1, 0.15) is 0 Å². The van der Waals surface area contributed by atoms with E-state index in [9.17, 15) is 13.5 Å². The van der Waals surface area contributed by atoms with Crippen molar-refractivity contribution < 1.29 is 13.5 Å². The molecule has 1 aromatic rings. The molecule has 1 heterocycles. The maximum atomic E-state index is 12.3. The van der Waals surface area contributed by atoms with E-state index in [1.165, 1.54) is 4.31 Å². The molecule has 18 heavy (non-hydrogen) atoms. The van der Waals surface area contributed by atoms with Crippen LogP contribution in [0.5, 0.6) is 0 Å². The molecule has 0 spiro atoms. The Morgan fingerprint density at radius 3 is 2.89 bits per heavy atom. The molecule has 6 heteroatoms. The molecule has 0 bridgehead atoms. The van der Waals surface area contributed by atoms with Crippen LogP contribution in [-0.4, -0.2) is 37.0 Å². The van der Waals surface area contributed by atoms with Gasteiger partial charge in [-0.05, 0) is 30.5 Å². The number of nitrogen functional groups attached to an aromatic ring is 1. The van der Waals surface area contributed by atoms with Crippen LogP contribution in [0.4, 0.5) is 5.69 Å². The van der Waals surface area contributed by atoms with Gasteiger partial charge >= 0.3 is 0 Å². The number of aliphatic hydroxyl groups excluding tert-OH is 1. The first kappa shape index (κ1) is 13.3. The molecule has 1 aliphatic heterocycles. The predicted molar refractivity (Wildman–Crippen MR) is 70.3 cm³/mol. The third-order valence-corrected chi connectivity index (χ3v) is 5.08. The lowest BCUT2D eigenvalue weighted by Crippen LogP contribution is -2.38. The summed E-state index contributed by atoms with van der Waals surface area (Å²) in [7, 11) is -3.37. The van der Waals surface area contributed by atoms with Crippen LogP contribution in [0.25, 0.3) is 0 Å². The number of nitrogens with two attached hydrogens (primary N) is 1. The third kappa shape index (κ3) is 2.82. The Morgan fingerprint density at radius 2 is 2.22 bits per heavy atom. The standard InChI is InChI=1S/C12H18N2O3S/c13-11-4-1-3-10(7-11)9-18(16,17)14-6-2-5-12(14)8-15/h1,3-4,7,12,15H,2,5-6,8-9,13H2/t12-/m0/s1. The molecule has 100 valence electrons.